The van der Waals surface area contributed by atoms with Crippen LogP contribution in [0.3, 0.4) is 0 Å². The second kappa shape index (κ2) is 5.88. The van der Waals surface area contributed by atoms with Crippen molar-refractivity contribution in [2.45, 2.75) is 45.1 Å². The van der Waals surface area contributed by atoms with E-state index < -0.39 is 0 Å². The normalized spacial score (nSPS) is 19.0. The van der Waals surface area contributed by atoms with E-state index in [-0.39, 0.29) is 0 Å². The molecule has 0 aromatic heterocycles. The predicted octanol–water partition coefficient (Wildman–Crippen LogP) is 4.32. The summed E-state index contributed by atoms with van der Waals surface area (Å²) < 4.78 is 0. The topological polar surface area (TPSA) is 3.24 Å². The average Bonchev–Trinajstić information content (AvgIpc) is 2.28. The number of likely N-dealkylation sites (tertiary alicyclic amines) is 1. The van der Waals surface area contributed by atoms with E-state index in [0.717, 1.165) is 17.0 Å². The molecule has 0 radical (unpaired) electrons. The first-order valence-corrected chi connectivity index (χ1v) is 7.11. The second-order valence-corrected chi connectivity index (χ2v) is 5.49. The lowest BCUT2D eigenvalue weighted by Crippen LogP contribution is -2.50. The lowest BCUT2D eigenvalue weighted by Gasteiger charge is -2.44. The molecule has 0 spiro atoms. The van der Waals surface area contributed by atoms with E-state index in [9.17, 15) is 0 Å². The first kappa shape index (κ1) is 12.9. The zero-order valence-corrected chi connectivity index (χ0v) is 11.6. The number of nitrogens with zero attached hydrogens (tertiary/aromatic N) is 1. The summed E-state index contributed by atoms with van der Waals surface area (Å²) >= 11 is 5.91. The van der Waals surface area contributed by atoms with Crippen molar-refractivity contribution < 1.29 is 0 Å². The number of hydrogen-bond donors (Lipinski definition) is 0. The molecule has 1 unspecified atom stereocenters. The Balaban J connectivity index is 1.87. The highest BCUT2D eigenvalue weighted by atomic mass is 35.5. The summed E-state index contributed by atoms with van der Waals surface area (Å²) in [6.07, 6.45) is 3.91. The van der Waals surface area contributed by atoms with Gasteiger partial charge in [0.25, 0.3) is 0 Å². The highest BCUT2D eigenvalue weighted by Crippen LogP contribution is 2.31. The van der Waals surface area contributed by atoms with Crippen LogP contribution in [0.2, 0.25) is 5.02 Å². The van der Waals surface area contributed by atoms with E-state index in [2.05, 4.69) is 30.9 Å². The molecule has 0 aliphatic carbocycles. The van der Waals surface area contributed by atoms with Gasteiger partial charge in [0.1, 0.15) is 0 Å². The minimum atomic E-state index is 0.721. The Morgan fingerprint density at radius 3 is 2.41 bits per heavy atom. The molecular weight excluding hydrogens is 230 g/mol. The van der Waals surface area contributed by atoms with Crippen LogP contribution in [0.5, 0.6) is 0 Å². The van der Waals surface area contributed by atoms with Gasteiger partial charge >= 0.3 is 0 Å². The van der Waals surface area contributed by atoms with Gasteiger partial charge in [-0.2, -0.15) is 0 Å². The van der Waals surface area contributed by atoms with E-state index in [1.54, 1.807) is 0 Å². The van der Waals surface area contributed by atoms with E-state index >= 15 is 0 Å². The zero-order valence-electron chi connectivity index (χ0n) is 10.8. The van der Waals surface area contributed by atoms with Gasteiger partial charge in [-0.05, 0) is 30.5 Å². The van der Waals surface area contributed by atoms with Gasteiger partial charge in [0.15, 0.2) is 0 Å². The van der Waals surface area contributed by atoms with Crippen molar-refractivity contribution in [3.8, 4) is 0 Å². The van der Waals surface area contributed by atoms with Crippen LogP contribution in [-0.2, 0) is 0 Å². The summed E-state index contributed by atoms with van der Waals surface area (Å²) in [6.45, 7) is 7.02. The number of hydrogen-bond acceptors (Lipinski definition) is 1. The molecule has 1 aliphatic rings. The highest BCUT2D eigenvalue weighted by molar-refractivity contribution is 6.30. The van der Waals surface area contributed by atoms with Gasteiger partial charge in [-0.1, -0.05) is 44.0 Å². The molecule has 1 atom stereocenters. The third-order valence-electron chi connectivity index (χ3n) is 3.86. The van der Waals surface area contributed by atoms with Crippen molar-refractivity contribution in [2.75, 3.05) is 13.1 Å². The summed E-state index contributed by atoms with van der Waals surface area (Å²) in [5, 5.41) is 0.836. The molecule has 1 heterocycles. The quantitative estimate of drug-likeness (QED) is 0.754. The maximum atomic E-state index is 5.91. The number of rotatable bonds is 5. The Bertz CT molecular complexity index is 340. The third-order valence-corrected chi connectivity index (χ3v) is 4.11. The first-order chi connectivity index (χ1) is 8.24. The van der Waals surface area contributed by atoms with Gasteiger partial charge in [-0.25, -0.2) is 0 Å². The van der Waals surface area contributed by atoms with Crippen LogP contribution in [0.15, 0.2) is 24.3 Å². The molecule has 0 bridgehead atoms. The Kier molecular flexibility index (Phi) is 4.47. The van der Waals surface area contributed by atoms with E-state index in [1.165, 1.54) is 37.9 Å². The summed E-state index contributed by atoms with van der Waals surface area (Å²) in [4.78, 5) is 2.63. The lowest BCUT2D eigenvalue weighted by atomic mass is 9.89. The molecule has 2 heteroatoms. The Hall–Kier alpha value is -0.530. The van der Waals surface area contributed by atoms with Crippen LogP contribution < -0.4 is 0 Å². The Morgan fingerprint density at radius 1 is 1.24 bits per heavy atom. The molecule has 0 N–H and O–H groups in total. The number of halogens is 1. The van der Waals surface area contributed by atoms with Crippen LogP contribution in [0.1, 0.15) is 44.6 Å². The minimum Gasteiger partial charge on any atom is -0.299 e. The molecule has 1 saturated heterocycles. The summed E-state index contributed by atoms with van der Waals surface area (Å²) in [5.74, 6) is 0.721. The van der Waals surface area contributed by atoms with Crippen LogP contribution in [-0.4, -0.2) is 24.0 Å². The highest BCUT2D eigenvalue weighted by Gasteiger charge is 2.31. The van der Waals surface area contributed by atoms with Crippen molar-refractivity contribution in [3.05, 3.63) is 34.9 Å². The van der Waals surface area contributed by atoms with Crippen LogP contribution in [0.25, 0.3) is 0 Å². The van der Waals surface area contributed by atoms with Crippen molar-refractivity contribution in [1.29, 1.82) is 0 Å². The van der Waals surface area contributed by atoms with Gasteiger partial charge in [-0.3, -0.25) is 4.90 Å². The standard InChI is InChI=1S/C15H22ClN/c1-3-5-15(4-2)17-10-13(11-17)12-6-8-14(16)9-7-12/h6-9,13,15H,3-5,10-11H2,1-2H3. The van der Waals surface area contributed by atoms with Crippen molar-refractivity contribution >= 4 is 11.6 Å². The summed E-state index contributed by atoms with van der Waals surface area (Å²) in [7, 11) is 0. The fourth-order valence-electron chi connectivity index (χ4n) is 2.73. The second-order valence-electron chi connectivity index (χ2n) is 5.05. The summed E-state index contributed by atoms with van der Waals surface area (Å²) in [5.41, 5.74) is 1.44. The monoisotopic (exact) mass is 251 g/mol. The van der Waals surface area contributed by atoms with Crippen molar-refractivity contribution in [1.82, 2.24) is 4.90 Å². The fourth-order valence-corrected chi connectivity index (χ4v) is 2.86. The Morgan fingerprint density at radius 2 is 1.88 bits per heavy atom. The molecular formula is C15H22ClN. The van der Waals surface area contributed by atoms with E-state index in [1.807, 2.05) is 12.1 Å². The lowest BCUT2D eigenvalue weighted by molar-refractivity contribution is 0.0830. The van der Waals surface area contributed by atoms with E-state index in [0.29, 0.717) is 0 Å². The molecule has 17 heavy (non-hydrogen) atoms. The predicted molar refractivity (Wildman–Crippen MR) is 74.8 cm³/mol. The third kappa shape index (κ3) is 3.02. The van der Waals surface area contributed by atoms with Gasteiger partial charge in [0.2, 0.25) is 0 Å². The molecule has 1 aromatic rings. The van der Waals surface area contributed by atoms with Crippen LogP contribution >= 0.6 is 11.6 Å². The Labute approximate surface area is 110 Å². The maximum absolute atomic E-state index is 5.91. The van der Waals surface area contributed by atoms with Gasteiger partial charge < -0.3 is 0 Å². The molecule has 2 rings (SSSR count). The van der Waals surface area contributed by atoms with Crippen LogP contribution in [0, 0.1) is 0 Å². The van der Waals surface area contributed by atoms with Crippen LogP contribution in [0.4, 0.5) is 0 Å². The molecule has 1 fully saturated rings. The van der Waals surface area contributed by atoms with E-state index in [4.69, 9.17) is 11.6 Å². The summed E-state index contributed by atoms with van der Waals surface area (Å²) in [6, 6.07) is 9.14. The van der Waals surface area contributed by atoms with Crippen molar-refractivity contribution in [3.63, 3.8) is 0 Å². The van der Waals surface area contributed by atoms with Crippen molar-refractivity contribution in [2.24, 2.45) is 0 Å². The first-order valence-electron chi connectivity index (χ1n) is 6.74. The molecule has 94 valence electrons. The molecule has 0 saturated carbocycles. The molecule has 1 aliphatic heterocycles. The number of benzene rings is 1. The maximum Gasteiger partial charge on any atom is 0.0406 e. The molecule has 0 amide bonds. The minimum absolute atomic E-state index is 0.721. The van der Waals surface area contributed by atoms with Gasteiger partial charge in [-0.15, -0.1) is 0 Å². The largest absolute Gasteiger partial charge is 0.299 e. The molecule has 1 aromatic carbocycles. The van der Waals surface area contributed by atoms with Gasteiger partial charge in [0, 0.05) is 30.1 Å². The SMILES string of the molecule is CCCC(CC)N1CC(c2ccc(Cl)cc2)C1. The molecule has 1 nitrogen and oxygen atoms in total. The average molecular weight is 252 g/mol. The fraction of sp³-hybridized carbons (Fsp3) is 0.600. The van der Waals surface area contributed by atoms with Gasteiger partial charge in [0.05, 0.1) is 0 Å². The zero-order chi connectivity index (χ0) is 12.3. The smallest absolute Gasteiger partial charge is 0.0406 e.